The lowest BCUT2D eigenvalue weighted by Crippen LogP contribution is -2.34. The van der Waals surface area contributed by atoms with Crippen molar-refractivity contribution in [2.75, 3.05) is 11.9 Å². The lowest BCUT2D eigenvalue weighted by molar-refractivity contribution is 0.0994. The molecule has 0 bridgehead atoms. The van der Waals surface area contributed by atoms with E-state index in [9.17, 15) is 14.4 Å². The summed E-state index contributed by atoms with van der Waals surface area (Å²) in [6.45, 7) is 6.03. The van der Waals surface area contributed by atoms with Crippen molar-refractivity contribution in [2.45, 2.75) is 33.2 Å². The van der Waals surface area contributed by atoms with Crippen molar-refractivity contribution < 1.29 is 4.79 Å². The number of anilines is 1. The second kappa shape index (κ2) is 7.19. The maximum absolute atomic E-state index is 13.2. The van der Waals surface area contributed by atoms with Crippen LogP contribution in [0.25, 0.3) is 11.0 Å². The van der Waals surface area contributed by atoms with Gasteiger partial charge in [0.05, 0.1) is 10.9 Å². The first-order valence-corrected chi connectivity index (χ1v) is 8.86. The van der Waals surface area contributed by atoms with Crippen molar-refractivity contribution in [3.63, 3.8) is 0 Å². The predicted molar refractivity (Wildman–Crippen MR) is 106 cm³/mol. The number of fused-ring (bicyclic) bond motifs is 1. The lowest BCUT2D eigenvalue weighted by atomic mass is 10.0. The minimum Gasteiger partial charge on any atom is -0.311 e. The number of benzene rings is 1. The van der Waals surface area contributed by atoms with E-state index in [1.54, 1.807) is 20.0 Å². The molecular weight excluding hydrogens is 344 g/mol. The Labute approximate surface area is 156 Å². The van der Waals surface area contributed by atoms with Crippen molar-refractivity contribution in [1.29, 1.82) is 0 Å². The predicted octanol–water partition coefficient (Wildman–Crippen LogP) is 2.50. The Kier molecular flexibility index (Phi) is 4.94. The molecule has 7 heteroatoms. The molecule has 3 rings (SSSR count). The molecule has 0 fully saturated rings. The molecule has 7 nitrogen and oxygen atoms in total. The number of rotatable bonds is 4. The van der Waals surface area contributed by atoms with Crippen LogP contribution in [-0.2, 0) is 6.54 Å². The fraction of sp³-hybridized carbons (Fsp3) is 0.300. The van der Waals surface area contributed by atoms with Crippen LogP contribution in [0.3, 0.4) is 0 Å². The number of pyridine rings is 1. The molecule has 1 amide bonds. The average Bonchev–Trinajstić information content (AvgIpc) is 2.66. The SMILES string of the molecule is CCn1c(=O)[nH]c(=O)c2c(C(=O)N(C)c3ccccc3)cc(C(C)C)nc21. The summed E-state index contributed by atoms with van der Waals surface area (Å²) >= 11 is 0. The fourth-order valence-electron chi connectivity index (χ4n) is 3.00. The van der Waals surface area contributed by atoms with Gasteiger partial charge in [-0.2, -0.15) is 0 Å². The maximum Gasteiger partial charge on any atom is 0.329 e. The lowest BCUT2D eigenvalue weighted by Gasteiger charge is -2.19. The van der Waals surface area contributed by atoms with Gasteiger partial charge in [0.2, 0.25) is 0 Å². The zero-order valence-corrected chi connectivity index (χ0v) is 15.8. The summed E-state index contributed by atoms with van der Waals surface area (Å²) in [5.41, 5.74) is 0.699. The van der Waals surface area contributed by atoms with Crippen LogP contribution in [0.4, 0.5) is 5.69 Å². The van der Waals surface area contributed by atoms with Crippen LogP contribution >= 0.6 is 0 Å². The van der Waals surface area contributed by atoms with Gasteiger partial charge in [-0.05, 0) is 31.0 Å². The van der Waals surface area contributed by atoms with E-state index in [1.165, 1.54) is 9.47 Å². The van der Waals surface area contributed by atoms with Crippen LogP contribution < -0.4 is 16.1 Å². The molecule has 0 aliphatic carbocycles. The van der Waals surface area contributed by atoms with Gasteiger partial charge in [-0.1, -0.05) is 32.0 Å². The quantitative estimate of drug-likeness (QED) is 0.768. The first kappa shape index (κ1) is 18.6. The van der Waals surface area contributed by atoms with Gasteiger partial charge in [-0.15, -0.1) is 0 Å². The summed E-state index contributed by atoms with van der Waals surface area (Å²) in [6, 6.07) is 10.8. The van der Waals surface area contributed by atoms with Crippen molar-refractivity contribution in [2.24, 2.45) is 0 Å². The second-order valence-corrected chi connectivity index (χ2v) is 6.65. The molecule has 0 spiro atoms. The van der Waals surface area contributed by atoms with E-state index >= 15 is 0 Å². The van der Waals surface area contributed by atoms with E-state index in [-0.39, 0.29) is 28.4 Å². The van der Waals surface area contributed by atoms with Crippen LogP contribution in [0.5, 0.6) is 0 Å². The van der Waals surface area contributed by atoms with Gasteiger partial charge in [0.1, 0.15) is 0 Å². The Balaban J connectivity index is 2.33. The van der Waals surface area contributed by atoms with E-state index in [1.807, 2.05) is 44.2 Å². The smallest absolute Gasteiger partial charge is 0.311 e. The van der Waals surface area contributed by atoms with Crippen molar-refractivity contribution in [3.05, 3.63) is 68.5 Å². The molecule has 0 saturated carbocycles. The Morgan fingerprint density at radius 1 is 1.22 bits per heavy atom. The molecule has 0 atom stereocenters. The van der Waals surface area contributed by atoms with Gasteiger partial charge in [0.15, 0.2) is 5.65 Å². The highest BCUT2D eigenvalue weighted by Gasteiger charge is 2.23. The highest BCUT2D eigenvalue weighted by molar-refractivity contribution is 6.12. The Hall–Kier alpha value is -3.22. The van der Waals surface area contributed by atoms with Crippen molar-refractivity contribution in [1.82, 2.24) is 14.5 Å². The Morgan fingerprint density at radius 3 is 2.48 bits per heavy atom. The van der Waals surface area contributed by atoms with Gasteiger partial charge in [-0.25, -0.2) is 9.78 Å². The summed E-state index contributed by atoms with van der Waals surface area (Å²) in [7, 11) is 1.66. The van der Waals surface area contributed by atoms with Crippen LogP contribution in [0.15, 0.2) is 46.0 Å². The monoisotopic (exact) mass is 366 g/mol. The largest absolute Gasteiger partial charge is 0.329 e. The number of amides is 1. The molecule has 140 valence electrons. The first-order valence-electron chi connectivity index (χ1n) is 8.86. The van der Waals surface area contributed by atoms with Gasteiger partial charge in [0.25, 0.3) is 11.5 Å². The van der Waals surface area contributed by atoms with Crippen LogP contribution in [0, 0.1) is 0 Å². The number of H-pyrrole nitrogens is 1. The van der Waals surface area contributed by atoms with Crippen molar-refractivity contribution >= 4 is 22.6 Å². The fourth-order valence-corrected chi connectivity index (χ4v) is 3.00. The highest BCUT2D eigenvalue weighted by Crippen LogP contribution is 2.22. The minimum atomic E-state index is -0.604. The summed E-state index contributed by atoms with van der Waals surface area (Å²) in [5, 5.41) is 0.133. The molecule has 2 heterocycles. The molecule has 0 radical (unpaired) electrons. The van der Waals surface area contributed by atoms with E-state index in [0.29, 0.717) is 17.9 Å². The standard InChI is InChI=1S/C20H22N4O3/c1-5-24-17-16(18(25)22-20(24)27)14(11-15(21-17)12(2)3)19(26)23(4)13-9-7-6-8-10-13/h6-12H,5H2,1-4H3,(H,22,25,27). The Bertz CT molecular complexity index is 1110. The minimum absolute atomic E-state index is 0.0303. The number of aryl methyl sites for hydroxylation is 1. The summed E-state index contributed by atoms with van der Waals surface area (Å²) in [5.74, 6) is -0.301. The Morgan fingerprint density at radius 2 is 1.89 bits per heavy atom. The summed E-state index contributed by atoms with van der Waals surface area (Å²) < 4.78 is 1.38. The number of hydrogen-bond donors (Lipinski definition) is 1. The molecule has 0 aliphatic heterocycles. The number of carbonyl (C=O) groups excluding carboxylic acids is 1. The summed E-state index contributed by atoms with van der Waals surface area (Å²) in [6.07, 6.45) is 0. The number of carbonyl (C=O) groups is 1. The molecule has 0 saturated heterocycles. The van der Waals surface area contributed by atoms with Crippen LogP contribution in [0.1, 0.15) is 42.7 Å². The summed E-state index contributed by atoms with van der Waals surface area (Å²) in [4.78, 5) is 46.3. The van der Waals surface area contributed by atoms with E-state index in [4.69, 9.17) is 0 Å². The van der Waals surface area contributed by atoms with Crippen LogP contribution in [0.2, 0.25) is 0 Å². The maximum atomic E-state index is 13.2. The number of para-hydroxylation sites is 1. The third kappa shape index (κ3) is 3.28. The van der Waals surface area contributed by atoms with E-state index < -0.39 is 11.2 Å². The number of nitrogens with zero attached hydrogens (tertiary/aromatic N) is 3. The zero-order chi connectivity index (χ0) is 19.7. The molecule has 3 aromatic rings. The molecule has 1 N–H and O–H groups in total. The number of aromatic amines is 1. The highest BCUT2D eigenvalue weighted by atomic mass is 16.2. The van der Waals surface area contributed by atoms with Gasteiger partial charge in [-0.3, -0.25) is 19.1 Å². The molecular formula is C20H22N4O3. The average molecular weight is 366 g/mol. The normalized spacial score (nSPS) is 11.1. The molecule has 0 unspecified atom stereocenters. The number of nitrogens with one attached hydrogen (secondary N) is 1. The molecule has 1 aromatic carbocycles. The topological polar surface area (TPSA) is 88.1 Å². The number of aromatic nitrogens is 3. The van der Waals surface area contributed by atoms with Gasteiger partial charge in [0, 0.05) is 25.0 Å². The number of hydrogen-bond acceptors (Lipinski definition) is 4. The van der Waals surface area contributed by atoms with Gasteiger partial charge < -0.3 is 4.90 Å². The third-order valence-electron chi connectivity index (χ3n) is 4.55. The van der Waals surface area contributed by atoms with E-state index in [0.717, 1.165) is 0 Å². The second-order valence-electron chi connectivity index (χ2n) is 6.65. The zero-order valence-electron chi connectivity index (χ0n) is 15.8. The van der Waals surface area contributed by atoms with Crippen molar-refractivity contribution in [3.8, 4) is 0 Å². The molecule has 2 aromatic heterocycles. The van der Waals surface area contributed by atoms with Gasteiger partial charge >= 0.3 is 5.69 Å². The first-order chi connectivity index (χ1) is 12.8. The van der Waals surface area contributed by atoms with E-state index in [2.05, 4.69) is 9.97 Å². The third-order valence-corrected chi connectivity index (χ3v) is 4.55. The molecule has 27 heavy (non-hydrogen) atoms. The molecule has 0 aliphatic rings. The van der Waals surface area contributed by atoms with Crippen LogP contribution in [-0.4, -0.2) is 27.5 Å².